The van der Waals surface area contributed by atoms with Crippen LogP contribution >= 0.6 is 15.9 Å². The van der Waals surface area contributed by atoms with Crippen molar-refractivity contribution in [1.82, 2.24) is 14.0 Å². The Morgan fingerprint density at radius 1 is 1.10 bits per heavy atom. The lowest BCUT2D eigenvalue weighted by atomic mass is 10.2. The monoisotopic (exact) mass is 327 g/mol. The van der Waals surface area contributed by atoms with Gasteiger partial charge in [0, 0.05) is 16.9 Å². The van der Waals surface area contributed by atoms with Gasteiger partial charge in [0.15, 0.2) is 5.65 Å². The summed E-state index contributed by atoms with van der Waals surface area (Å²) in [6.45, 7) is 0. The molecule has 0 unspecified atom stereocenters. The number of hydrogen-bond acceptors (Lipinski definition) is 2. The molecule has 0 amide bonds. The van der Waals surface area contributed by atoms with Crippen molar-refractivity contribution in [2.45, 2.75) is 0 Å². The summed E-state index contributed by atoms with van der Waals surface area (Å²) in [5.74, 6) is 0. The molecule has 98 valence electrons. The van der Waals surface area contributed by atoms with E-state index in [9.17, 15) is 4.79 Å². The van der Waals surface area contributed by atoms with E-state index in [1.165, 1.54) is 0 Å². The summed E-state index contributed by atoms with van der Waals surface area (Å²) < 4.78 is 4.27. The highest BCUT2D eigenvalue weighted by atomic mass is 79.9. The SMILES string of the molecule is Cn1c(=O)n2c3ccccc3nc2c2ccc(Br)cc21. The van der Waals surface area contributed by atoms with Crippen LogP contribution in [0.3, 0.4) is 0 Å². The highest BCUT2D eigenvalue weighted by molar-refractivity contribution is 9.10. The Morgan fingerprint density at radius 2 is 1.90 bits per heavy atom. The predicted molar refractivity (Wildman–Crippen MR) is 83.1 cm³/mol. The third-order valence-corrected chi connectivity index (χ3v) is 4.09. The molecule has 2 aromatic heterocycles. The summed E-state index contributed by atoms with van der Waals surface area (Å²) in [6.07, 6.45) is 0. The molecule has 4 nitrogen and oxygen atoms in total. The fourth-order valence-corrected chi connectivity index (χ4v) is 2.97. The number of benzene rings is 2. The first kappa shape index (κ1) is 11.7. The van der Waals surface area contributed by atoms with Crippen LogP contribution in [0.5, 0.6) is 0 Å². The number of aromatic nitrogens is 3. The zero-order chi connectivity index (χ0) is 13.9. The van der Waals surface area contributed by atoms with Gasteiger partial charge in [-0.2, -0.15) is 0 Å². The smallest absolute Gasteiger partial charge is 0.296 e. The topological polar surface area (TPSA) is 39.3 Å². The summed E-state index contributed by atoms with van der Waals surface area (Å²) in [5.41, 5.74) is 3.16. The summed E-state index contributed by atoms with van der Waals surface area (Å²) in [5, 5.41) is 0.964. The molecule has 4 aromatic rings. The highest BCUT2D eigenvalue weighted by Crippen LogP contribution is 2.24. The molecule has 0 atom stereocenters. The number of fused-ring (bicyclic) bond motifs is 5. The van der Waals surface area contributed by atoms with Gasteiger partial charge in [0.1, 0.15) is 0 Å². The largest absolute Gasteiger partial charge is 0.334 e. The van der Waals surface area contributed by atoms with Gasteiger partial charge in [-0.05, 0) is 30.3 Å². The van der Waals surface area contributed by atoms with Crippen LogP contribution in [0.15, 0.2) is 51.7 Å². The van der Waals surface area contributed by atoms with Crippen molar-refractivity contribution in [3.63, 3.8) is 0 Å². The molecule has 20 heavy (non-hydrogen) atoms. The van der Waals surface area contributed by atoms with E-state index in [1.54, 1.807) is 16.0 Å². The van der Waals surface area contributed by atoms with Crippen molar-refractivity contribution in [2.75, 3.05) is 0 Å². The average molecular weight is 328 g/mol. The average Bonchev–Trinajstić information content (AvgIpc) is 2.84. The lowest BCUT2D eigenvalue weighted by Gasteiger charge is -2.07. The third-order valence-electron chi connectivity index (χ3n) is 3.60. The molecule has 5 heteroatoms. The van der Waals surface area contributed by atoms with Crippen molar-refractivity contribution in [1.29, 1.82) is 0 Å². The Balaban J connectivity index is 2.41. The maximum atomic E-state index is 12.6. The molecule has 0 spiro atoms. The van der Waals surface area contributed by atoms with Crippen molar-refractivity contribution < 1.29 is 0 Å². The van der Waals surface area contributed by atoms with E-state index in [1.807, 2.05) is 42.5 Å². The number of halogens is 1. The molecule has 2 heterocycles. The summed E-state index contributed by atoms with van der Waals surface area (Å²) in [6, 6.07) is 13.6. The standard InChI is InChI=1S/C15H10BrN3O/c1-18-13-8-9(16)6-7-10(13)14-17-11-4-2-3-5-12(11)19(14)15(18)20/h2-8H,1H3. The van der Waals surface area contributed by atoms with Crippen LogP contribution in [0.1, 0.15) is 0 Å². The van der Waals surface area contributed by atoms with E-state index >= 15 is 0 Å². The first-order valence-electron chi connectivity index (χ1n) is 6.22. The van der Waals surface area contributed by atoms with Crippen LogP contribution in [-0.2, 0) is 7.05 Å². The number of hydrogen-bond donors (Lipinski definition) is 0. The van der Waals surface area contributed by atoms with Gasteiger partial charge in [-0.1, -0.05) is 28.1 Å². The summed E-state index contributed by atoms with van der Waals surface area (Å²) in [4.78, 5) is 17.2. The van der Waals surface area contributed by atoms with Crippen LogP contribution in [0.25, 0.3) is 27.6 Å². The quantitative estimate of drug-likeness (QED) is 0.498. The molecule has 0 aliphatic carbocycles. The molecule has 0 radical (unpaired) electrons. The van der Waals surface area contributed by atoms with Crippen molar-refractivity contribution in [3.05, 3.63) is 57.4 Å². The molecule has 0 aliphatic heterocycles. The second-order valence-corrected chi connectivity index (χ2v) is 5.68. The molecule has 0 bridgehead atoms. The molecule has 0 N–H and O–H groups in total. The van der Waals surface area contributed by atoms with Crippen LogP contribution < -0.4 is 5.69 Å². The summed E-state index contributed by atoms with van der Waals surface area (Å²) in [7, 11) is 1.78. The van der Waals surface area contributed by atoms with Crippen molar-refractivity contribution in [2.24, 2.45) is 7.05 Å². The van der Waals surface area contributed by atoms with E-state index in [0.29, 0.717) is 5.65 Å². The third kappa shape index (κ3) is 1.41. The molecule has 2 aromatic carbocycles. The zero-order valence-corrected chi connectivity index (χ0v) is 12.3. The Hall–Kier alpha value is -2.14. The van der Waals surface area contributed by atoms with Crippen LogP contribution in [0.4, 0.5) is 0 Å². The van der Waals surface area contributed by atoms with E-state index in [2.05, 4.69) is 20.9 Å². The Morgan fingerprint density at radius 3 is 2.75 bits per heavy atom. The minimum Gasteiger partial charge on any atom is -0.296 e. The zero-order valence-electron chi connectivity index (χ0n) is 10.7. The Labute approximate surface area is 122 Å². The van der Waals surface area contributed by atoms with Crippen LogP contribution in [-0.4, -0.2) is 14.0 Å². The minimum atomic E-state index is -0.0840. The van der Waals surface area contributed by atoms with E-state index in [0.717, 1.165) is 26.4 Å². The van der Waals surface area contributed by atoms with Gasteiger partial charge >= 0.3 is 5.69 Å². The number of imidazole rings is 1. The first-order valence-corrected chi connectivity index (χ1v) is 7.01. The first-order chi connectivity index (χ1) is 9.66. The van der Waals surface area contributed by atoms with Crippen LogP contribution in [0.2, 0.25) is 0 Å². The molecule has 0 aliphatic rings. The van der Waals surface area contributed by atoms with E-state index in [4.69, 9.17) is 0 Å². The molecule has 0 fully saturated rings. The van der Waals surface area contributed by atoms with Crippen molar-refractivity contribution in [3.8, 4) is 0 Å². The molecule has 0 saturated carbocycles. The second kappa shape index (κ2) is 3.93. The van der Waals surface area contributed by atoms with Gasteiger partial charge < -0.3 is 0 Å². The lowest BCUT2D eigenvalue weighted by Crippen LogP contribution is -2.24. The van der Waals surface area contributed by atoms with E-state index < -0.39 is 0 Å². The normalized spacial score (nSPS) is 11.7. The number of aryl methyl sites for hydroxylation is 1. The maximum Gasteiger partial charge on any atom is 0.334 e. The van der Waals surface area contributed by atoms with Gasteiger partial charge in [0.05, 0.1) is 16.6 Å². The van der Waals surface area contributed by atoms with Gasteiger partial charge in [0.25, 0.3) is 0 Å². The Bertz CT molecular complexity index is 1050. The minimum absolute atomic E-state index is 0.0840. The van der Waals surface area contributed by atoms with E-state index in [-0.39, 0.29) is 5.69 Å². The molecule has 0 saturated heterocycles. The van der Waals surface area contributed by atoms with Crippen LogP contribution in [0, 0.1) is 0 Å². The maximum absolute atomic E-state index is 12.6. The molecular weight excluding hydrogens is 318 g/mol. The highest BCUT2D eigenvalue weighted by Gasteiger charge is 2.13. The van der Waals surface area contributed by atoms with Gasteiger partial charge in [-0.15, -0.1) is 0 Å². The number of para-hydroxylation sites is 2. The summed E-state index contributed by atoms with van der Waals surface area (Å²) >= 11 is 3.45. The molecule has 4 rings (SSSR count). The Kier molecular flexibility index (Phi) is 2.29. The number of nitrogens with zero attached hydrogens (tertiary/aromatic N) is 3. The fourth-order valence-electron chi connectivity index (χ4n) is 2.62. The second-order valence-electron chi connectivity index (χ2n) is 4.76. The lowest BCUT2D eigenvalue weighted by molar-refractivity contribution is 0.836. The van der Waals surface area contributed by atoms with Crippen molar-refractivity contribution >= 4 is 43.5 Å². The van der Waals surface area contributed by atoms with Gasteiger partial charge in [-0.25, -0.2) is 14.2 Å². The fraction of sp³-hybridized carbons (Fsp3) is 0.0667. The van der Waals surface area contributed by atoms with Gasteiger partial charge in [-0.3, -0.25) is 4.57 Å². The predicted octanol–water partition coefficient (Wildman–Crippen LogP) is 3.10. The molecular formula is C15H10BrN3O. The van der Waals surface area contributed by atoms with Gasteiger partial charge in [0.2, 0.25) is 0 Å². The number of rotatable bonds is 0.